The molecule has 0 aromatic carbocycles. The minimum Gasteiger partial charge on any atom is -0.375 e. The van der Waals surface area contributed by atoms with Gasteiger partial charge in [-0.3, -0.25) is 4.90 Å². The quantitative estimate of drug-likeness (QED) is 0.378. The fourth-order valence-corrected chi connectivity index (χ4v) is 1.45. The second-order valence-electron chi connectivity index (χ2n) is 3.49. The Bertz CT molecular complexity index is 200. The lowest BCUT2D eigenvalue weighted by atomic mass is 10.2. The smallest absolute Gasteiger partial charge is 0.0759 e. The summed E-state index contributed by atoms with van der Waals surface area (Å²) in [4.78, 5) is 5.06. The van der Waals surface area contributed by atoms with Crippen LogP contribution in [0.15, 0.2) is 5.11 Å². The molecule has 1 aliphatic heterocycles. The molecule has 1 saturated heterocycles. The van der Waals surface area contributed by atoms with Gasteiger partial charge < -0.3 is 4.74 Å². The Hall–Kier alpha value is -0.770. The van der Waals surface area contributed by atoms with E-state index in [1.54, 1.807) is 0 Å². The first-order chi connectivity index (χ1) is 6.24. The monoisotopic (exact) mass is 184 g/mol. The number of hydrogen-bond acceptors (Lipinski definition) is 3. The third kappa shape index (κ3) is 3.22. The van der Waals surface area contributed by atoms with Crippen LogP contribution in [-0.2, 0) is 4.74 Å². The van der Waals surface area contributed by atoms with Crippen molar-refractivity contribution in [2.24, 2.45) is 5.11 Å². The van der Waals surface area contributed by atoms with Gasteiger partial charge in [0.2, 0.25) is 0 Å². The minimum absolute atomic E-state index is 0.0760. The van der Waals surface area contributed by atoms with Crippen molar-refractivity contribution < 1.29 is 4.74 Å². The van der Waals surface area contributed by atoms with Gasteiger partial charge >= 0.3 is 0 Å². The van der Waals surface area contributed by atoms with Crippen LogP contribution in [0.2, 0.25) is 0 Å². The summed E-state index contributed by atoms with van der Waals surface area (Å²) in [7, 11) is 0. The number of azide groups is 1. The van der Waals surface area contributed by atoms with E-state index in [0.29, 0.717) is 12.6 Å². The molecule has 0 aliphatic carbocycles. The standard InChI is InChI=1S/C8H16N4O/c1-7(2)12-3-4-13-8(6-12)5-10-11-9/h7-8H,3-6H2,1-2H3. The first-order valence-electron chi connectivity index (χ1n) is 4.60. The summed E-state index contributed by atoms with van der Waals surface area (Å²) in [5.41, 5.74) is 8.16. The molecule has 74 valence electrons. The first kappa shape index (κ1) is 10.3. The highest BCUT2D eigenvalue weighted by Crippen LogP contribution is 2.08. The maximum Gasteiger partial charge on any atom is 0.0759 e. The fourth-order valence-electron chi connectivity index (χ4n) is 1.45. The third-order valence-electron chi connectivity index (χ3n) is 2.25. The van der Waals surface area contributed by atoms with E-state index in [0.717, 1.165) is 19.7 Å². The van der Waals surface area contributed by atoms with Gasteiger partial charge in [-0.1, -0.05) is 5.11 Å². The lowest BCUT2D eigenvalue weighted by Gasteiger charge is -2.34. The molecule has 0 aromatic rings. The Labute approximate surface area is 78.3 Å². The van der Waals surface area contributed by atoms with E-state index in [2.05, 4.69) is 28.8 Å². The lowest BCUT2D eigenvalue weighted by Crippen LogP contribution is -2.46. The maximum absolute atomic E-state index is 8.16. The van der Waals surface area contributed by atoms with Gasteiger partial charge in [-0.05, 0) is 19.4 Å². The third-order valence-corrected chi connectivity index (χ3v) is 2.25. The maximum atomic E-state index is 8.16. The molecule has 1 unspecified atom stereocenters. The van der Waals surface area contributed by atoms with Gasteiger partial charge in [-0.25, -0.2) is 0 Å². The molecule has 1 rings (SSSR count). The van der Waals surface area contributed by atoms with Crippen molar-refractivity contribution >= 4 is 0 Å². The molecule has 1 fully saturated rings. The lowest BCUT2D eigenvalue weighted by molar-refractivity contribution is -0.0334. The van der Waals surface area contributed by atoms with E-state index in [-0.39, 0.29) is 6.10 Å². The van der Waals surface area contributed by atoms with Crippen molar-refractivity contribution in [3.63, 3.8) is 0 Å². The van der Waals surface area contributed by atoms with E-state index in [9.17, 15) is 0 Å². The molecule has 0 N–H and O–H groups in total. The van der Waals surface area contributed by atoms with Gasteiger partial charge in [0.15, 0.2) is 0 Å². The number of ether oxygens (including phenoxy) is 1. The SMILES string of the molecule is CC(C)N1CCOC(CN=[N+]=[N-])C1. The van der Waals surface area contributed by atoms with Crippen molar-refractivity contribution in [2.45, 2.75) is 26.0 Å². The molecule has 1 heterocycles. The van der Waals surface area contributed by atoms with Crippen LogP contribution < -0.4 is 0 Å². The number of rotatable bonds is 3. The molecule has 0 spiro atoms. The molecule has 0 amide bonds. The van der Waals surface area contributed by atoms with Crippen molar-refractivity contribution in [3.05, 3.63) is 10.4 Å². The molecule has 0 saturated carbocycles. The highest BCUT2D eigenvalue weighted by Gasteiger charge is 2.21. The van der Waals surface area contributed by atoms with Crippen molar-refractivity contribution in [2.75, 3.05) is 26.2 Å². The summed E-state index contributed by atoms with van der Waals surface area (Å²) in [5, 5.41) is 3.52. The van der Waals surface area contributed by atoms with E-state index in [1.807, 2.05) is 0 Å². The van der Waals surface area contributed by atoms with Crippen molar-refractivity contribution in [1.82, 2.24) is 4.90 Å². The van der Waals surface area contributed by atoms with Gasteiger partial charge in [-0.2, -0.15) is 0 Å². The number of hydrogen-bond donors (Lipinski definition) is 0. The van der Waals surface area contributed by atoms with Crippen LogP contribution in [0.3, 0.4) is 0 Å². The molecular formula is C8H16N4O. The second-order valence-corrected chi connectivity index (χ2v) is 3.49. The molecule has 0 radical (unpaired) electrons. The molecule has 0 aromatic heterocycles. The van der Waals surface area contributed by atoms with E-state index >= 15 is 0 Å². The Kier molecular flexibility index (Phi) is 4.02. The second kappa shape index (κ2) is 5.07. The predicted molar refractivity (Wildman–Crippen MR) is 50.5 cm³/mol. The fraction of sp³-hybridized carbons (Fsp3) is 1.00. The average molecular weight is 184 g/mol. The summed E-state index contributed by atoms with van der Waals surface area (Å²) in [6.45, 7) is 7.36. The molecule has 1 atom stereocenters. The van der Waals surface area contributed by atoms with Crippen molar-refractivity contribution in [3.8, 4) is 0 Å². The van der Waals surface area contributed by atoms with Crippen LogP contribution in [0.4, 0.5) is 0 Å². The molecule has 0 bridgehead atoms. The van der Waals surface area contributed by atoms with Crippen LogP contribution in [0, 0.1) is 0 Å². The summed E-state index contributed by atoms with van der Waals surface area (Å²) >= 11 is 0. The van der Waals surface area contributed by atoms with Gasteiger partial charge in [0.25, 0.3) is 0 Å². The number of nitrogens with zero attached hydrogens (tertiary/aromatic N) is 4. The van der Waals surface area contributed by atoms with Crippen LogP contribution >= 0.6 is 0 Å². The summed E-state index contributed by atoms with van der Waals surface area (Å²) < 4.78 is 5.45. The Morgan fingerprint density at radius 3 is 3.08 bits per heavy atom. The molecule has 5 nitrogen and oxygen atoms in total. The molecule has 1 aliphatic rings. The number of morpholine rings is 1. The van der Waals surface area contributed by atoms with E-state index in [4.69, 9.17) is 10.3 Å². The normalized spacial score (nSPS) is 24.4. The Morgan fingerprint density at radius 2 is 2.46 bits per heavy atom. The van der Waals surface area contributed by atoms with Gasteiger partial charge in [-0.15, -0.1) is 0 Å². The van der Waals surface area contributed by atoms with Crippen LogP contribution in [0.1, 0.15) is 13.8 Å². The van der Waals surface area contributed by atoms with Crippen LogP contribution in [0.25, 0.3) is 10.4 Å². The largest absolute Gasteiger partial charge is 0.375 e. The summed E-state index contributed by atoms with van der Waals surface area (Å²) in [6.07, 6.45) is 0.0760. The van der Waals surface area contributed by atoms with E-state index < -0.39 is 0 Å². The molecule has 13 heavy (non-hydrogen) atoms. The van der Waals surface area contributed by atoms with Crippen LogP contribution in [-0.4, -0.2) is 43.3 Å². The summed E-state index contributed by atoms with van der Waals surface area (Å²) in [5.74, 6) is 0. The van der Waals surface area contributed by atoms with Crippen molar-refractivity contribution in [1.29, 1.82) is 0 Å². The zero-order chi connectivity index (χ0) is 9.68. The average Bonchev–Trinajstić information content (AvgIpc) is 2.15. The zero-order valence-electron chi connectivity index (χ0n) is 8.18. The van der Waals surface area contributed by atoms with Gasteiger partial charge in [0.05, 0.1) is 19.3 Å². The molecule has 5 heteroatoms. The highest BCUT2D eigenvalue weighted by atomic mass is 16.5. The minimum atomic E-state index is 0.0760. The van der Waals surface area contributed by atoms with Gasteiger partial charge in [0.1, 0.15) is 0 Å². The predicted octanol–water partition coefficient (Wildman–Crippen LogP) is 1.41. The topological polar surface area (TPSA) is 61.2 Å². The Morgan fingerprint density at radius 1 is 1.69 bits per heavy atom. The van der Waals surface area contributed by atoms with E-state index in [1.165, 1.54) is 0 Å². The highest BCUT2D eigenvalue weighted by molar-refractivity contribution is 4.75. The zero-order valence-corrected chi connectivity index (χ0v) is 8.18. The van der Waals surface area contributed by atoms with Crippen LogP contribution in [0.5, 0.6) is 0 Å². The molecular weight excluding hydrogens is 168 g/mol. The summed E-state index contributed by atoms with van der Waals surface area (Å²) in [6, 6.07) is 0.539. The Balaban J connectivity index is 2.37. The first-order valence-corrected chi connectivity index (χ1v) is 4.60. The van der Waals surface area contributed by atoms with Gasteiger partial charge in [0, 0.05) is 24.0 Å².